The SMILES string of the molecule is CCC[C@H]1CN(C(=O)c2cnc(NC)nc2)C[C@@H]1N. The van der Waals surface area contributed by atoms with Gasteiger partial charge in [-0.1, -0.05) is 13.3 Å². The van der Waals surface area contributed by atoms with Gasteiger partial charge in [0.1, 0.15) is 0 Å². The molecule has 104 valence electrons. The van der Waals surface area contributed by atoms with Crippen LogP contribution in [-0.2, 0) is 0 Å². The molecule has 3 N–H and O–H groups in total. The highest BCUT2D eigenvalue weighted by molar-refractivity contribution is 5.94. The lowest BCUT2D eigenvalue weighted by Crippen LogP contribution is -2.32. The first-order valence-electron chi connectivity index (χ1n) is 6.70. The quantitative estimate of drug-likeness (QED) is 0.836. The molecule has 0 bridgehead atoms. The first-order chi connectivity index (χ1) is 9.15. The molecular formula is C13H21N5O. The maximum absolute atomic E-state index is 12.3. The van der Waals surface area contributed by atoms with E-state index in [0.29, 0.717) is 24.0 Å². The van der Waals surface area contributed by atoms with Crippen molar-refractivity contribution in [2.45, 2.75) is 25.8 Å². The Morgan fingerprint density at radius 1 is 1.47 bits per heavy atom. The van der Waals surface area contributed by atoms with Crippen molar-refractivity contribution in [2.75, 3.05) is 25.5 Å². The van der Waals surface area contributed by atoms with Crippen LogP contribution in [0.4, 0.5) is 5.95 Å². The number of anilines is 1. The Hall–Kier alpha value is -1.69. The van der Waals surface area contributed by atoms with Gasteiger partial charge in [0, 0.05) is 38.6 Å². The largest absolute Gasteiger partial charge is 0.357 e. The van der Waals surface area contributed by atoms with Crippen molar-refractivity contribution >= 4 is 11.9 Å². The fourth-order valence-electron chi connectivity index (χ4n) is 2.49. The second-order valence-electron chi connectivity index (χ2n) is 4.97. The first-order valence-corrected chi connectivity index (χ1v) is 6.70. The van der Waals surface area contributed by atoms with Crippen LogP contribution in [0, 0.1) is 5.92 Å². The number of hydrogen-bond donors (Lipinski definition) is 2. The summed E-state index contributed by atoms with van der Waals surface area (Å²) >= 11 is 0. The molecule has 2 heterocycles. The molecule has 19 heavy (non-hydrogen) atoms. The van der Waals surface area contributed by atoms with E-state index in [1.807, 2.05) is 4.90 Å². The van der Waals surface area contributed by atoms with E-state index in [9.17, 15) is 4.79 Å². The highest BCUT2D eigenvalue weighted by Crippen LogP contribution is 2.21. The standard InChI is InChI=1S/C13H21N5O/c1-3-4-9-7-18(8-11(9)14)12(19)10-5-16-13(15-2)17-6-10/h5-6,9,11H,3-4,7-8,14H2,1-2H3,(H,15,16,17)/t9-,11-/m0/s1. The maximum atomic E-state index is 12.3. The van der Waals surface area contributed by atoms with Crippen LogP contribution in [0.1, 0.15) is 30.1 Å². The Labute approximate surface area is 113 Å². The number of rotatable bonds is 4. The second kappa shape index (κ2) is 5.97. The molecule has 0 aromatic carbocycles. The summed E-state index contributed by atoms with van der Waals surface area (Å²) in [5.41, 5.74) is 6.60. The fraction of sp³-hybridized carbons (Fsp3) is 0.615. The van der Waals surface area contributed by atoms with Crippen LogP contribution in [0.5, 0.6) is 0 Å². The highest BCUT2D eigenvalue weighted by Gasteiger charge is 2.32. The van der Waals surface area contributed by atoms with Gasteiger partial charge in [0.25, 0.3) is 5.91 Å². The van der Waals surface area contributed by atoms with E-state index in [-0.39, 0.29) is 11.9 Å². The number of nitrogens with zero attached hydrogens (tertiary/aromatic N) is 3. The van der Waals surface area contributed by atoms with Crippen molar-refractivity contribution < 1.29 is 4.79 Å². The summed E-state index contributed by atoms with van der Waals surface area (Å²) in [6.45, 7) is 3.50. The van der Waals surface area contributed by atoms with E-state index < -0.39 is 0 Å². The Morgan fingerprint density at radius 3 is 2.74 bits per heavy atom. The number of nitrogens with two attached hydrogens (primary N) is 1. The maximum Gasteiger partial charge on any atom is 0.257 e. The molecule has 1 fully saturated rings. The molecule has 0 radical (unpaired) electrons. The zero-order valence-electron chi connectivity index (χ0n) is 11.5. The molecular weight excluding hydrogens is 242 g/mol. The zero-order valence-corrected chi connectivity index (χ0v) is 11.5. The van der Waals surface area contributed by atoms with E-state index in [2.05, 4.69) is 22.2 Å². The molecule has 0 aliphatic carbocycles. The lowest BCUT2D eigenvalue weighted by atomic mass is 9.99. The summed E-state index contributed by atoms with van der Waals surface area (Å²) in [7, 11) is 1.74. The average Bonchev–Trinajstić information content (AvgIpc) is 2.80. The number of amides is 1. The molecule has 1 amide bonds. The molecule has 1 aromatic rings. The average molecular weight is 263 g/mol. The molecule has 6 nitrogen and oxygen atoms in total. The van der Waals surface area contributed by atoms with Crippen LogP contribution in [0.15, 0.2) is 12.4 Å². The van der Waals surface area contributed by atoms with Crippen molar-refractivity contribution in [3.8, 4) is 0 Å². The molecule has 1 aromatic heterocycles. The van der Waals surface area contributed by atoms with Crippen molar-refractivity contribution in [3.63, 3.8) is 0 Å². The number of carbonyl (C=O) groups is 1. The second-order valence-corrected chi connectivity index (χ2v) is 4.97. The van der Waals surface area contributed by atoms with E-state index in [4.69, 9.17) is 5.73 Å². The zero-order chi connectivity index (χ0) is 13.8. The van der Waals surface area contributed by atoms with Gasteiger partial charge in [-0.05, 0) is 12.3 Å². The van der Waals surface area contributed by atoms with Crippen LogP contribution in [-0.4, -0.2) is 47.0 Å². The molecule has 6 heteroatoms. The first kappa shape index (κ1) is 13.7. The van der Waals surface area contributed by atoms with E-state index in [1.54, 1.807) is 19.4 Å². The molecule has 0 saturated carbocycles. The van der Waals surface area contributed by atoms with Gasteiger partial charge in [-0.2, -0.15) is 0 Å². The van der Waals surface area contributed by atoms with Gasteiger partial charge in [-0.25, -0.2) is 9.97 Å². The van der Waals surface area contributed by atoms with Gasteiger partial charge >= 0.3 is 0 Å². The highest BCUT2D eigenvalue weighted by atomic mass is 16.2. The van der Waals surface area contributed by atoms with E-state index >= 15 is 0 Å². The molecule has 0 unspecified atom stereocenters. The third-order valence-electron chi connectivity index (χ3n) is 3.56. The van der Waals surface area contributed by atoms with E-state index in [0.717, 1.165) is 19.4 Å². The van der Waals surface area contributed by atoms with E-state index in [1.165, 1.54) is 0 Å². The van der Waals surface area contributed by atoms with Gasteiger partial charge in [0.15, 0.2) is 0 Å². The molecule has 1 aliphatic rings. The van der Waals surface area contributed by atoms with Crippen LogP contribution in [0.3, 0.4) is 0 Å². The molecule has 2 rings (SSSR count). The number of likely N-dealkylation sites (tertiary alicyclic amines) is 1. The fourth-order valence-corrected chi connectivity index (χ4v) is 2.49. The lowest BCUT2D eigenvalue weighted by molar-refractivity contribution is 0.0784. The Morgan fingerprint density at radius 2 is 2.16 bits per heavy atom. The van der Waals surface area contributed by atoms with Gasteiger partial charge in [0.2, 0.25) is 5.95 Å². The summed E-state index contributed by atoms with van der Waals surface area (Å²) in [5, 5.41) is 2.83. The normalized spacial score (nSPS) is 22.6. The predicted octanol–water partition coefficient (Wildman–Crippen LogP) is 0.718. The number of aromatic nitrogens is 2. The van der Waals surface area contributed by atoms with Crippen molar-refractivity contribution in [3.05, 3.63) is 18.0 Å². The molecule has 1 aliphatic heterocycles. The minimum absolute atomic E-state index is 0.0308. The van der Waals surface area contributed by atoms with Gasteiger partial charge < -0.3 is 16.0 Å². The Bertz CT molecular complexity index is 433. The van der Waals surface area contributed by atoms with Gasteiger partial charge in [-0.3, -0.25) is 4.79 Å². The number of nitrogens with one attached hydrogen (secondary N) is 1. The topological polar surface area (TPSA) is 84.1 Å². The monoisotopic (exact) mass is 263 g/mol. The Kier molecular flexibility index (Phi) is 4.31. The third kappa shape index (κ3) is 3.01. The number of carbonyl (C=O) groups excluding carboxylic acids is 1. The molecule has 1 saturated heterocycles. The summed E-state index contributed by atoms with van der Waals surface area (Å²) in [6, 6.07) is 0.0846. The van der Waals surface area contributed by atoms with Gasteiger partial charge in [-0.15, -0.1) is 0 Å². The summed E-state index contributed by atoms with van der Waals surface area (Å²) in [6.07, 6.45) is 5.28. The minimum atomic E-state index is -0.0308. The molecule has 2 atom stereocenters. The predicted molar refractivity (Wildman–Crippen MR) is 73.9 cm³/mol. The van der Waals surface area contributed by atoms with Crippen LogP contribution < -0.4 is 11.1 Å². The third-order valence-corrected chi connectivity index (χ3v) is 3.56. The van der Waals surface area contributed by atoms with Crippen molar-refractivity contribution in [1.29, 1.82) is 0 Å². The smallest absolute Gasteiger partial charge is 0.257 e. The van der Waals surface area contributed by atoms with Crippen molar-refractivity contribution in [1.82, 2.24) is 14.9 Å². The Balaban J connectivity index is 2.03. The summed E-state index contributed by atoms with van der Waals surface area (Å²) in [5.74, 6) is 0.890. The lowest BCUT2D eigenvalue weighted by Gasteiger charge is -2.15. The minimum Gasteiger partial charge on any atom is -0.357 e. The van der Waals surface area contributed by atoms with Crippen LogP contribution >= 0.6 is 0 Å². The van der Waals surface area contributed by atoms with Crippen LogP contribution in [0.2, 0.25) is 0 Å². The molecule has 0 spiro atoms. The number of hydrogen-bond acceptors (Lipinski definition) is 5. The van der Waals surface area contributed by atoms with Gasteiger partial charge in [0.05, 0.1) is 5.56 Å². The summed E-state index contributed by atoms with van der Waals surface area (Å²) < 4.78 is 0. The van der Waals surface area contributed by atoms with Crippen LogP contribution in [0.25, 0.3) is 0 Å². The van der Waals surface area contributed by atoms with Crippen molar-refractivity contribution in [2.24, 2.45) is 11.7 Å². The summed E-state index contributed by atoms with van der Waals surface area (Å²) in [4.78, 5) is 22.2.